The SMILES string of the molecule is Cc1ccc(S(=O)(=O)Nc2ccc(-c3ccc(=O)n(C)n3)cc2)cc1C. The summed E-state index contributed by atoms with van der Waals surface area (Å²) in [7, 11) is -2.07. The summed E-state index contributed by atoms with van der Waals surface area (Å²) >= 11 is 0. The van der Waals surface area contributed by atoms with E-state index in [-0.39, 0.29) is 10.5 Å². The molecule has 3 rings (SSSR count). The zero-order valence-electron chi connectivity index (χ0n) is 14.7. The maximum Gasteiger partial charge on any atom is 0.266 e. The van der Waals surface area contributed by atoms with Crippen LogP contribution >= 0.6 is 0 Å². The van der Waals surface area contributed by atoms with Gasteiger partial charge in [-0.3, -0.25) is 9.52 Å². The van der Waals surface area contributed by atoms with Crippen molar-refractivity contribution >= 4 is 15.7 Å². The fourth-order valence-corrected chi connectivity index (χ4v) is 3.60. The van der Waals surface area contributed by atoms with Gasteiger partial charge in [-0.15, -0.1) is 0 Å². The molecule has 0 aliphatic heterocycles. The maximum atomic E-state index is 12.5. The van der Waals surface area contributed by atoms with Gasteiger partial charge in [0.05, 0.1) is 10.6 Å². The van der Waals surface area contributed by atoms with Crippen molar-refractivity contribution < 1.29 is 8.42 Å². The third-order valence-corrected chi connectivity index (χ3v) is 5.56. The molecule has 0 amide bonds. The Morgan fingerprint density at radius 2 is 1.62 bits per heavy atom. The molecule has 1 N–H and O–H groups in total. The summed E-state index contributed by atoms with van der Waals surface area (Å²) in [6.45, 7) is 3.81. The topological polar surface area (TPSA) is 81.1 Å². The van der Waals surface area contributed by atoms with Gasteiger partial charge in [-0.2, -0.15) is 5.10 Å². The second-order valence-corrected chi connectivity index (χ2v) is 7.79. The Morgan fingerprint density at radius 3 is 2.23 bits per heavy atom. The van der Waals surface area contributed by atoms with Crippen LogP contribution in [-0.4, -0.2) is 18.2 Å². The first kappa shape index (κ1) is 17.9. The molecule has 6 nitrogen and oxygen atoms in total. The predicted octanol–water partition coefficient (Wildman–Crippen LogP) is 2.86. The van der Waals surface area contributed by atoms with E-state index in [0.29, 0.717) is 11.4 Å². The summed E-state index contributed by atoms with van der Waals surface area (Å²) in [4.78, 5) is 11.6. The van der Waals surface area contributed by atoms with Gasteiger partial charge in [-0.05, 0) is 55.3 Å². The lowest BCUT2D eigenvalue weighted by Crippen LogP contribution is -2.18. The number of aromatic nitrogens is 2. The summed E-state index contributed by atoms with van der Waals surface area (Å²) in [5.41, 5.74) is 3.65. The van der Waals surface area contributed by atoms with Gasteiger partial charge in [0.15, 0.2) is 0 Å². The van der Waals surface area contributed by atoms with Crippen LogP contribution in [0.25, 0.3) is 11.3 Å². The van der Waals surface area contributed by atoms with Crippen LogP contribution in [0, 0.1) is 13.8 Å². The van der Waals surface area contributed by atoms with E-state index in [1.165, 1.54) is 10.7 Å². The molecule has 0 atom stereocenters. The Bertz CT molecular complexity index is 1120. The molecule has 0 aliphatic carbocycles. The average Bonchev–Trinajstić information content (AvgIpc) is 2.60. The summed E-state index contributed by atoms with van der Waals surface area (Å²) in [5, 5.41) is 4.18. The number of rotatable bonds is 4. The molecule has 2 aromatic carbocycles. The molecule has 0 spiro atoms. The number of hydrogen-bond donors (Lipinski definition) is 1. The third-order valence-electron chi connectivity index (χ3n) is 4.18. The molecular weight excluding hydrogens is 350 g/mol. The number of anilines is 1. The van der Waals surface area contributed by atoms with Crippen molar-refractivity contribution in [2.24, 2.45) is 7.05 Å². The second-order valence-electron chi connectivity index (χ2n) is 6.11. The van der Waals surface area contributed by atoms with Crippen LogP contribution in [0.15, 0.2) is 64.3 Å². The van der Waals surface area contributed by atoms with Crippen molar-refractivity contribution in [3.8, 4) is 11.3 Å². The fraction of sp³-hybridized carbons (Fsp3) is 0.158. The molecule has 1 heterocycles. The second kappa shape index (κ2) is 6.76. The van der Waals surface area contributed by atoms with Gasteiger partial charge in [0, 0.05) is 24.4 Å². The first-order chi connectivity index (χ1) is 12.3. The summed E-state index contributed by atoms with van der Waals surface area (Å²) in [6, 6.07) is 15.0. The van der Waals surface area contributed by atoms with Gasteiger partial charge in [-0.1, -0.05) is 18.2 Å². The maximum absolute atomic E-state index is 12.5. The smallest absolute Gasteiger partial charge is 0.266 e. The highest BCUT2D eigenvalue weighted by Crippen LogP contribution is 2.22. The van der Waals surface area contributed by atoms with Crippen LogP contribution in [0.1, 0.15) is 11.1 Å². The molecule has 0 radical (unpaired) electrons. The standard InChI is InChI=1S/C19H19N3O3S/c1-13-4-9-17(12-14(13)2)26(24,25)21-16-7-5-15(6-8-16)18-10-11-19(23)22(3)20-18/h4-12,21H,1-3H3. The monoisotopic (exact) mass is 369 g/mol. The van der Waals surface area contributed by atoms with Crippen molar-refractivity contribution in [1.29, 1.82) is 0 Å². The predicted molar refractivity (Wildman–Crippen MR) is 102 cm³/mol. The van der Waals surface area contributed by atoms with Crippen LogP contribution in [-0.2, 0) is 17.1 Å². The average molecular weight is 369 g/mol. The molecule has 0 unspecified atom stereocenters. The number of sulfonamides is 1. The first-order valence-electron chi connectivity index (χ1n) is 8.01. The molecule has 0 fully saturated rings. The Labute approximate surface area is 152 Å². The van der Waals surface area contributed by atoms with E-state index in [1.54, 1.807) is 55.6 Å². The van der Waals surface area contributed by atoms with Gasteiger partial charge in [-0.25, -0.2) is 13.1 Å². The fourth-order valence-electron chi connectivity index (χ4n) is 2.46. The number of nitrogens with zero attached hydrogens (tertiary/aromatic N) is 2. The van der Waals surface area contributed by atoms with Crippen molar-refractivity contribution in [3.63, 3.8) is 0 Å². The molecule has 1 aromatic heterocycles. The van der Waals surface area contributed by atoms with E-state index < -0.39 is 10.0 Å². The Kier molecular flexibility index (Phi) is 4.65. The normalized spacial score (nSPS) is 11.3. The summed E-state index contributed by atoms with van der Waals surface area (Å²) in [5.74, 6) is 0. The molecular formula is C19H19N3O3S. The molecule has 0 bridgehead atoms. The van der Waals surface area contributed by atoms with Crippen molar-refractivity contribution in [1.82, 2.24) is 9.78 Å². The van der Waals surface area contributed by atoms with E-state index in [9.17, 15) is 13.2 Å². The molecule has 0 aliphatic rings. The number of nitrogens with one attached hydrogen (secondary N) is 1. The van der Waals surface area contributed by atoms with E-state index in [2.05, 4.69) is 9.82 Å². The van der Waals surface area contributed by atoms with Crippen molar-refractivity contribution in [3.05, 3.63) is 76.1 Å². The molecule has 134 valence electrons. The first-order valence-corrected chi connectivity index (χ1v) is 9.49. The number of benzene rings is 2. The molecule has 26 heavy (non-hydrogen) atoms. The van der Waals surface area contributed by atoms with Crippen LogP contribution in [0.2, 0.25) is 0 Å². The minimum absolute atomic E-state index is 0.188. The Hall–Kier alpha value is -2.93. The quantitative estimate of drug-likeness (QED) is 0.767. The number of hydrogen-bond acceptors (Lipinski definition) is 4. The number of aryl methyl sites for hydroxylation is 3. The highest BCUT2D eigenvalue weighted by Gasteiger charge is 2.15. The minimum Gasteiger partial charge on any atom is -0.280 e. The lowest BCUT2D eigenvalue weighted by Gasteiger charge is -2.10. The van der Waals surface area contributed by atoms with E-state index >= 15 is 0 Å². The highest BCUT2D eigenvalue weighted by atomic mass is 32.2. The van der Waals surface area contributed by atoms with Crippen molar-refractivity contribution in [2.75, 3.05) is 4.72 Å². The van der Waals surface area contributed by atoms with Crippen LogP contribution in [0.3, 0.4) is 0 Å². The molecule has 0 saturated carbocycles. The van der Waals surface area contributed by atoms with E-state index in [0.717, 1.165) is 16.7 Å². The van der Waals surface area contributed by atoms with Crippen LogP contribution in [0.5, 0.6) is 0 Å². The third kappa shape index (κ3) is 3.67. The lowest BCUT2D eigenvalue weighted by atomic mass is 10.1. The van der Waals surface area contributed by atoms with Gasteiger partial charge in [0.2, 0.25) is 0 Å². The lowest BCUT2D eigenvalue weighted by molar-refractivity contribution is 0.601. The van der Waals surface area contributed by atoms with Crippen molar-refractivity contribution in [2.45, 2.75) is 18.7 Å². The zero-order valence-corrected chi connectivity index (χ0v) is 15.5. The van der Waals surface area contributed by atoms with Crippen LogP contribution < -0.4 is 10.3 Å². The molecule has 0 saturated heterocycles. The summed E-state index contributed by atoms with van der Waals surface area (Å²) in [6.07, 6.45) is 0. The minimum atomic E-state index is -3.65. The van der Waals surface area contributed by atoms with E-state index in [1.807, 2.05) is 13.8 Å². The van der Waals surface area contributed by atoms with Gasteiger partial charge in [0.1, 0.15) is 0 Å². The van der Waals surface area contributed by atoms with Gasteiger partial charge >= 0.3 is 0 Å². The largest absolute Gasteiger partial charge is 0.280 e. The van der Waals surface area contributed by atoms with E-state index in [4.69, 9.17) is 0 Å². The molecule has 3 aromatic rings. The molecule has 7 heteroatoms. The zero-order chi connectivity index (χ0) is 18.9. The van der Waals surface area contributed by atoms with Crippen LogP contribution in [0.4, 0.5) is 5.69 Å². The van der Waals surface area contributed by atoms with Gasteiger partial charge in [0.25, 0.3) is 15.6 Å². The summed E-state index contributed by atoms with van der Waals surface area (Å²) < 4.78 is 28.9. The Morgan fingerprint density at radius 1 is 0.923 bits per heavy atom. The Balaban J connectivity index is 1.85. The highest BCUT2D eigenvalue weighted by molar-refractivity contribution is 7.92. The van der Waals surface area contributed by atoms with Gasteiger partial charge < -0.3 is 0 Å².